The van der Waals surface area contributed by atoms with Crippen molar-refractivity contribution in [2.75, 3.05) is 13.2 Å². The van der Waals surface area contributed by atoms with Gasteiger partial charge in [0, 0.05) is 6.54 Å². The number of ether oxygens (including phenoxy) is 1. The molecule has 0 aromatic heterocycles. The van der Waals surface area contributed by atoms with E-state index in [0.717, 1.165) is 5.56 Å². The van der Waals surface area contributed by atoms with Gasteiger partial charge >= 0.3 is 5.97 Å². The van der Waals surface area contributed by atoms with Gasteiger partial charge < -0.3 is 15.4 Å². The van der Waals surface area contributed by atoms with Crippen LogP contribution < -0.4 is 10.6 Å². The van der Waals surface area contributed by atoms with E-state index in [1.165, 1.54) is 0 Å². The molecule has 2 rings (SSSR count). The predicted octanol–water partition coefficient (Wildman–Crippen LogP) is 3.00. The third-order valence-corrected chi connectivity index (χ3v) is 4.58. The van der Waals surface area contributed by atoms with Crippen molar-refractivity contribution < 1.29 is 19.1 Å². The van der Waals surface area contributed by atoms with E-state index in [2.05, 4.69) is 10.6 Å². The Morgan fingerprint density at radius 1 is 1.00 bits per heavy atom. The van der Waals surface area contributed by atoms with Crippen LogP contribution in [0.5, 0.6) is 0 Å². The molecule has 0 saturated heterocycles. The summed E-state index contributed by atoms with van der Waals surface area (Å²) >= 11 is 6.03. The fourth-order valence-electron chi connectivity index (χ4n) is 2.63. The van der Waals surface area contributed by atoms with E-state index >= 15 is 0 Å². The van der Waals surface area contributed by atoms with Crippen LogP contribution in [0.2, 0.25) is 5.02 Å². The summed E-state index contributed by atoms with van der Waals surface area (Å²) in [5.41, 5.74) is 1.37. The molecule has 0 fully saturated rings. The van der Waals surface area contributed by atoms with E-state index < -0.39 is 30.4 Å². The third-order valence-electron chi connectivity index (χ3n) is 4.25. The van der Waals surface area contributed by atoms with Crippen molar-refractivity contribution in [1.29, 1.82) is 0 Å². The van der Waals surface area contributed by atoms with Gasteiger partial charge in [0.2, 0.25) is 0 Å². The lowest BCUT2D eigenvalue weighted by Crippen LogP contribution is -2.46. The summed E-state index contributed by atoms with van der Waals surface area (Å²) in [6.07, 6.45) is 0.684. The van der Waals surface area contributed by atoms with Gasteiger partial charge in [0.15, 0.2) is 6.61 Å². The highest BCUT2D eigenvalue weighted by Gasteiger charge is 2.27. The molecule has 2 aromatic carbocycles. The Bertz CT molecular complexity index is 840. The van der Waals surface area contributed by atoms with Gasteiger partial charge in [-0.1, -0.05) is 67.9 Å². The van der Waals surface area contributed by atoms with Crippen LogP contribution in [-0.4, -0.2) is 37.0 Å². The first-order valence-electron chi connectivity index (χ1n) is 9.41. The Morgan fingerprint density at radius 3 is 2.31 bits per heavy atom. The second kappa shape index (κ2) is 11.2. The summed E-state index contributed by atoms with van der Waals surface area (Å²) < 4.78 is 5.10. The number of benzene rings is 2. The minimum Gasteiger partial charge on any atom is -0.454 e. The average Bonchev–Trinajstić information content (AvgIpc) is 2.71. The van der Waals surface area contributed by atoms with Crippen LogP contribution in [0, 0.1) is 5.92 Å². The Labute approximate surface area is 175 Å². The molecule has 0 saturated carbocycles. The minimum absolute atomic E-state index is 0.227. The SMILES string of the molecule is CC(C)[C@H](NC(=O)c1ccccc1Cl)C(=O)OCC(=O)NCCc1ccccc1. The summed E-state index contributed by atoms with van der Waals surface area (Å²) in [6.45, 7) is 3.59. The van der Waals surface area contributed by atoms with Crippen LogP contribution in [0.25, 0.3) is 0 Å². The Balaban J connectivity index is 1.82. The molecule has 0 bridgehead atoms. The third kappa shape index (κ3) is 7.23. The smallest absolute Gasteiger partial charge is 0.329 e. The monoisotopic (exact) mass is 416 g/mol. The fourth-order valence-corrected chi connectivity index (χ4v) is 2.85. The maximum Gasteiger partial charge on any atom is 0.329 e. The molecule has 0 unspecified atom stereocenters. The van der Waals surface area contributed by atoms with Gasteiger partial charge in [-0.3, -0.25) is 9.59 Å². The van der Waals surface area contributed by atoms with Crippen molar-refractivity contribution >= 4 is 29.4 Å². The van der Waals surface area contributed by atoms with Crippen molar-refractivity contribution in [2.24, 2.45) is 5.92 Å². The molecule has 2 aromatic rings. The van der Waals surface area contributed by atoms with Gasteiger partial charge in [-0.2, -0.15) is 0 Å². The average molecular weight is 417 g/mol. The molecule has 6 nitrogen and oxygen atoms in total. The van der Waals surface area contributed by atoms with Crippen molar-refractivity contribution in [3.05, 3.63) is 70.7 Å². The second-order valence-corrected chi connectivity index (χ2v) is 7.28. The molecule has 7 heteroatoms. The standard InChI is InChI=1S/C22H25ClN2O4/c1-15(2)20(25-21(27)17-10-6-7-11-18(17)23)22(28)29-14-19(26)24-13-12-16-8-4-3-5-9-16/h3-11,15,20H,12-14H2,1-2H3,(H,24,26)(H,25,27)/t20-/m0/s1. The van der Waals surface area contributed by atoms with E-state index in [-0.39, 0.29) is 11.5 Å². The topological polar surface area (TPSA) is 84.5 Å². The number of carbonyl (C=O) groups excluding carboxylic acids is 3. The van der Waals surface area contributed by atoms with Crippen LogP contribution >= 0.6 is 11.6 Å². The minimum atomic E-state index is -0.893. The van der Waals surface area contributed by atoms with Crippen molar-refractivity contribution in [3.8, 4) is 0 Å². The molecule has 1 atom stereocenters. The van der Waals surface area contributed by atoms with Crippen LogP contribution in [0.3, 0.4) is 0 Å². The maximum atomic E-state index is 12.4. The normalized spacial score (nSPS) is 11.6. The molecular weight excluding hydrogens is 392 g/mol. The fraction of sp³-hybridized carbons (Fsp3) is 0.318. The Kier molecular flexibility index (Phi) is 8.68. The number of hydrogen-bond acceptors (Lipinski definition) is 4. The molecule has 0 heterocycles. The molecule has 0 aliphatic carbocycles. The molecule has 154 valence electrons. The zero-order valence-corrected chi connectivity index (χ0v) is 17.2. The van der Waals surface area contributed by atoms with Gasteiger partial charge in [0.1, 0.15) is 6.04 Å². The summed E-state index contributed by atoms with van der Waals surface area (Å²) in [5, 5.41) is 5.63. The summed E-state index contributed by atoms with van der Waals surface area (Å²) in [7, 11) is 0. The zero-order chi connectivity index (χ0) is 21.2. The zero-order valence-electron chi connectivity index (χ0n) is 16.5. The quantitative estimate of drug-likeness (QED) is 0.615. The van der Waals surface area contributed by atoms with Crippen LogP contribution in [0.4, 0.5) is 0 Å². The summed E-state index contributed by atoms with van der Waals surface area (Å²) in [4.78, 5) is 36.7. The number of esters is 1. The van der Waals surface area contributed by atoms with E-state index in [4.69, 9.17) is 16.3 Å². The van der Waals surface area contributed by atoms with Gasteiger partial charge in [0.25, 0.3) is 11.8 Å². The first kappa shape index (κ1) is 22.4. The number of halogens is 1. The molecular formula is C22H25ClN2O4. The lowest BCUT2D eigenvalue weighted by Gasteiger charge is -2.21. The van der Waals surface area contributed by atoms with Gasteiger partial charge in [-0.25, -0.2) is 4.79 Å². The van der Waals surface area contributed by atoms with E-state index in [0.29, 0.717) is 18.0 Å². The first-order chi connectivity index (χ1) is 13.9. The molecule has 0 aliphatic rings. The summed E-state index contributed by atoms with van der Waals surface area (Å²) in [6, 6.07) is 15.4. The van der Waals surface area contributed by atoms with Crippen molar-refractivity contribution in [3.63, 3.8) is 0 Å². The maximum absolute atomic E-state index is 12.4. The predicted molar refractivity (Wildman–Crippen MR) is 112 cm³/mol. The molecule has 0 spiro atoms. The van der Waals surface area contributed by atoms with Crippen molar-refractivity contribution in [1.82, 2.24) is 10.6 Å². The number of carbonyl (C=O) groups is 3. The number of rotatable bonds is 9. The second-order valence-electron chi connectivity index (χ2n) is 6.87. The van der Waals surface area contributed by atoms with Crippen LogP contribution in [0.15, 0.2) is 54.6 Å². The van der Waals surface area contributed by atoms with Gasteiger partial charge in [0.05, 0.1) is 10.6 Å². The van der Waals surface area contributed by atoms with Gasteiger partial charge in [-0.15, -0.1) is 0 Å². The van der Waals surface area contributed by atoms with Crippen molar-refractivity contribution in [2.45, 2.75) is 26.3 Å². The van der Waals surface area contributed by atoms with E-state index in [1.807, 2.05) is 30.3 Å². The number of amides is 2. The van der Waals surface area contributed by atoms with E-state index in [9.17, 15) is 14.4 Å². The molecule has 2 N–H and O–H groups in total. The lowest BCUT2D eigenvalue weighted by molar-refractivity contribution is -0.151. The highest BCUT2D eigenvalue weighted by Crippen LogP contribution is 2.15. The Hall–Kier alpha value is -2.86. The largest absolute Gasteiger partial charge is 0.454 e. The van der Waals surface area contributed by atoms with Crippen LogP contribution in [-0.2, 0) is 20.7 Å². The van der Waals surface area contributed by atoms with E-state index in [1.54, 1.807) is 38.1 Å². The Morgan fingerprint density at radius 2 is 1.66 bits per heavy atom. The lowest BCUT2D eigenvalue weighted by atomic mass is 10.0. The highest BCUT2D eigenvalue weighted by atomic mass is 35.5. The summed E-state index contributed by atoms with van der Waals surface area (Å²) in [5.74, 6) is -1.76. The highest BCUT2D eigenvalue weighted by molar-refractivity contribution is 6.33. The van der Waals surface area contributed by atoms with Gasteiger partial charge in [-0.05, 0) is 30.0 Å². The number of nitrogens with one attached hydrogen (secondary N) is 2. The molecule has 2 amide bonds. The first-order valence-corrected chi connectivity index (χ1v) is 9.79. The number of hydrogen-bond donors (Lipinski definition) is 2. The molecule has 0 radical (unpaired) electrons. The molecule has 0 aliphatic heterocycles. The van der Waals surface area contributed by atoms with Crippen LogP contribution in [0.1, 0.15) is 29.8 Å². The molecule has 29 heavy (non-hydrogen) atoms.